The van der Waals surface area contributed by atoms with Gasteiger partial charge in [-0.2, -0.15) is 0 Å². The lowest BCUT2D eigenvalue weighted by Crippen LogP contribution is -2.16. The van der Waals surface area contributed by atoms with Crippen molar-refractivity contribution >= 4 is 26.6 Å². The number of hydrogen-bond donors (Lipinski definition) is 0. The number of Topliss-reactive ketones (excluding diaryl/α,β-unsaturated/α-hetero) is 1. The van der Waals surface area contributed by atoms with E-state index in [0.717, 1.165) is 10.9 Å². The van der Waals surface area contributed by atoms with Gasteiger partial charge < -0.3 is 4.42 Å². The van der Waals surface area contributed by atoms with Gasteiger partial charge >= 0.3 is 5.63 Å². The van der Waals surface area contributed by atoms with Crippen LogP contribution in [0.25, 0.3) is 11.0 Å². The number of benzene rings is 2. The van der Waals surface area contributed by atoms with E-state index in [4.69, 9.17) is 4.42 Å². The van der Waals surface area contributed by atoms with Crippen LogP contribution >= 0.6 is 0 Å². The van der Waals surface area contributed by atoms with Crippen LogP contribution in [-0.2, 0) is 22.0 Å². The monoisotopic (exact) mass is 384 g/mol. The molecule has 0 atom stereocenters. The van der Waals surface area contributed by atoms with Gasteiger partial charge in [0.15, 0.2) is 15.6 Å². The number of ketones is 1. The molecule has 2 aromatic carbocycles. The van der Waals surface area contributed by atoms with E-state index in [-0.39, 0.29) is 18.0 Å². The van der Waals surface area contributed by atoms with Crippen LogP contribution in [0, 0.1) is 0 Å². The van der Waals surface area contributed by atoms with E-state index in [0.29, 0.717) is 16.7 Å². The third-order valence-corrected chi connectivity index (χ3v) is 6.58. The smallest absolute Gasteiger partial charge is 0.336 e. The van der Waals surface area contributed by atoms with E-state index < -0.39 is 20.7 Å². The Morgan fingerprint density at radius 2 is 1.63 bits per heavy atom. The molecule has 0 radical (unpaired) electrons. The molecule has 0 N–H and O–H groups in total. The quantitative estimate of drug-likeness (QED) is 0.480. The first kappa shape index (κ1) is 19.0. The summed E-state index contributed by atoms with van der Waals surface area (Å²) in [5.74, 6) is -0.0975. The summed E-state index contributed by atoms with van der Waals surface area (Å²) >= 11 is 0. The molecule has 0 aliphatic carbocycles. The van der Waals surface area contributed by atoms with Crippen molar-refractivity contribution in [3.05, 3.63) is 81.7 Å². The minimum Gasteiger partial charge on any atom is -0.423 e. The van der Waals surface area contributed by atoms with Gasteiger partial charge in [-0.3, -0.25) is 4.79 Å². The second-order valence-electron chi connectivity index (χ2n) is 6.78. The Bertz CT molecular complexity index is 1140. The molecule has 0 unspecified atom stereocenters. The van der Waals surface area contributed by atoms with Gasteiger partial charge in [-0.25, -0.2) is 13.2 Å². The number of carbonyl (C=O) groups is 1. The molecule has 0 fully saturated rings. The molecule has 3 rings (SSSR count). The minimum atomic E-state index is -3.17. The predicted molar refractivity (Wildman–Crippen MR) is 105 cm³/mol. The van der Waals surface area contributed by atoms with E-state index in [1.54, 1.807) is 56.3 Å². The fourth-order valence-electron chi connectivity index (χ4n) is 2.70. The first-order valence-corrected chi connectivity index (χ1v) is 10.3. The molecular formula is C21H20O5S. The summed E-state index contributed by atoms with van der Waals surface area (Å²) in [4.78, 5) is 23.7. The van der Waals surface area contributed by atoms with Crippen LogP contribution in [0.2, 0.25) is 0 Å². The van der Waals surface area contributed by atoms with E-state index >= 15 is 0 Å². The van der Waals surface area contributed by atoms with Crippen molar-refractivity contribution in [2.45, 2.75) is 31.3 Å². The summed E-state index contributed by atoms with van der Waals surface area (Å²) in [7, 11) is -3.17. The molecule has 5 nitrogen and oxygen atoms in total. The summed E-state index contributed by atoms with van der Waals surface area (Å²) in [6, 6.07) is 15.0. The maximum Gasteiger partial charge on any atom is 0.336 e. The Labute approximate surface area is 157 Å². The van der Waals surface area contributed by atoms with E-state index in [9.17, 15) is 18.0 Å². The van der Waals surface area contributed by atoms with E-state index in [1.165, 1.54) is 6.07 Å². The average Bonchev–Trinajstić information content (AvgIpc) is 2.62. The molecule has 1 aromatic heterocycles. The molecule has 0 aliphatic rings. The van der Waals surface area contributed by atoms with Crippen molar-refractivity contribution in [3.63, 3.8) is 0 Å². The molecule has 0 saturated carbocycles. The predicted octanol–water partition coefficient (Wildman–Crippen LogP) is 3.54. The van der Waals surface area contributed by atoms with Crippen LogP contribution < -0.4 is 5.63 Å². The summed E-state index contributed by atoms with van der Waals surface area (Å²) in [5, 5.41) is 0.324. The van der Waals surface area contributed by atoms with Gasteiger partial charge in [-0.05, 0) is 43.2 Å². The lowest BCUT2D eigenvalue weighted by Gasteiger charge is -2.08. The molecule has 1 heterocycles. The van der Waals surface area contributed by atoms with Crippen LogP contribution in [0.1, 0.15) is 35.3 Å². The maximum absolute atomic E-state index is 12.5. The van der Waals surface area contributed by atoms with Gasteiger partial charge in [-0.1, -0.05) is 30.3 Å². The number of sulfone groups is 1. The SMILES string of the molecule is CC(C)S(=O)(=O)Cc1ccc(C(=O)Cc2ccc3oc(=O)ccc3c2)cc1. The second kappa shape index (κ2) is 7.48. The fourth-order valence-corrected chi connectivity index (χ4v) is 3.69. The zero-order chi connectivity index (χ0) is 19.6. The number of hydrogen-bond acceptors (Lipinski definition) is 5. The zero-order valence-corrected chi connectivity index (χ0v) is 16.0. The summed E-state index contributed by atoms with van der Waals surface area (Å²) in [6.45, 7) is 3.31. The first-order chi connectivity index (χ1) is 12.7. The maximum atomic E-state index is 12.5. The highest BCUT2D eigenvalue weighted by Gasteiger charge is 2.17. The molecule has 6 heteroatoms. The van der Waals surface area contributed by atoms with Crippen LogP contribution in [0.3, 0.4) is 0 Å². The Hall–Kier alpha value is -2.73. The third-order valence-electron chi connectivity index (χ3n) is 4.41. The van der Waals surface area contributed by atoms with Crippen molar-refractivity contribution < 1.29 is 17.6 Å². The second-order valence-corrected chi connectivity index (χ2v) is 9.34. The van der Waals surface area contributed by atoms with Gasteiger partial charge in [0.05, 0.1) is 11.0 Å². The summed E-state index contributed by atoms with van der Waals surface area (Å²) < 4.78 is 29.1. The summed E-state index contributed by atoms with van der Waals surface area (Å²) in [5.41, 5.74) is 2.08. The Kier molecular flexibility index (Phi) is 5.28. The van der Waals surface area contributed by atoms with Gasteiger partial charge in [0.2, 0.25) is 0 Å². The van der Waals surface area contributed by atoms with Gasteiger partial charge in [0.25, 0.3) is 0 Å². The number of fused-ring (bicyclic) bond motifs is 1. The molecule has 0 aliphatic heterocycles. The highest BCUT2D eigenvalue weighted by Crippen LogP contribution is 2.17. The lowest BCUT2D eigenvalue weighted by molar-refractivity contribution is 0.0993. The van der Waals surface area contributed by atoms with Crippen LogP contribution in [-0.4, -0.2) is 19.5 Å². The lowest BCUT2D eigenvalue weighted by atomic mass is 10.0. The van der Waals surface area contributed by atoms with Crippen LogP contribution in [0.5, 0.6) is 0 Å². The topological polar surface area (TPSA) is 81.4 Å². The Balaban J connectivity index is 1.74. The molecule has 0 spiro atoms. The molecule has 0 saturated heterocycles. The first-order valence-electron chi connectivity index (χ1n) is 8.61. The van der Waals surface area contributed by atoms with Crippen molar-refractivity contribution in [1.29, 1.82) is 0 Å². The van der Waals surface area contributed by atoms with Crippen molar-refractivity contribution in [2.75, 3.05) is 0 Å². The normalized spacial score (nSPS) is 11.8. The standard InChI is InChI=1S/C21H20O5S/c1-14(2)27(24,25)13-15-3-6-17(7-4-15)19(22)12-16-5-9-20-18(11-16)8-10-21(23)26-20/h3-11,14H,12-13H2,1-2H3. The number of carbonyl (C=O) groups excluding carboxylic acids is 1. The molecule has 3 aromatic rings. The highest BCUT2D eigenvalue weighted by molar-refractivity contribution is 7.91. The van der Waals surface area contributed by atoms with E-state index in [2.05, 4.69) is 0 Å². The minimum absolute atomic E-state index is 0.0327. The zero-order valence-electron chi connectivity index (χ0n) is 15.1. The highest BCUT2D eigenvalue weighted by atomic mass is 32.2. The number of rotatable bonds is 6. The van der Waals surface area contributed by atoms with Crippen molar-refractivity contribution in [1.82, 2.24) is 0 Å². The van der Waals surface area contributed by atoms with Crippen LogP contribution in [0.4, 0.5) is 0 Å². The van der Waals surface area contributed by atoms with Crippen LogP contribution in [0.15, 0.2) is 63.8 Å². The van der Waals surface area contributed by atoms with Gasteiger partial charge in [0.1, 0.15) is 5.58 Å². The molecular weight excluding hydrogens is 364 g/mol. The largest absolute Gasteiger partial charge is 0.423 e. The third kappa shape index (κ3) is 4.52. The summed E-state index contributed by atoms with van der Waals surface area (Å²) in [6.07, 6.45) is 0.207. The molecule has 0 amide bonds. The molecule has 27 heavy (non-hydrogen) atoms. The fraction of sp³-hybridized carbons (Fsp3) is 0.238. The van der Waals surface area contributed by atoms with Gasteiger partial charge in [-0.15, -0.1) is 0 Å². The van der Waals surface area contributed by atoms with E-state index in [1.807, 2.05) is 6.07 Å². The van der Waals surface area contributed by atoms with Crippen molar-refractivity contribution in [2.24, 2.45) is 0 Å². The molecule has 140 valence electrons. The average molecular weight is 384 g/mol. The Morgan fingerprint density at radius 1 is 0.963 bits per heavy atom. The van der Waals surface area contributed by atoms with Gasteiger partial charge in [0, 0.05) is 23.4 Å². The molecule has 0 bridgehead atoms. The Morgan fingerprint density at radius 3 is 2.30 bits per heavy atom. The van der Waals surface area contributed by atoms with Crippen molar-refractivity contribution in [3.8, 4) is 0 Å².